The zero-order chi connectivity index (χ0) is 24.6. The van der Waals surface area contributed by atoms with Gasteiger partial charge in [0.25, 0.3) is 0 Å². The number of aryl methyl sites for hydroxylation is 3. The van der Waals surface area contributed by atoms with Crippen LogP contribution in [-0.4, -0.2) is 21.7 Å². The summed E-state index contributed by atoms with van der Waals surface area (Å²) in [5.74, 6) is 0.0448. The molecule has 3 aromatic carbocycles. The number of hydrogen-bond donors (Lipinski definition) is 1. The van der Waals surface area contributed by atoms with E-state index in [9.17, 15) is 9.59 Å². The van der Waals surface area contributed by atoms with Gasteiger partial charge in [-0.3, -0.25) is 9.59 Å². The molecule has 1 N–H and O–H groups in total. The molecule has 1 radical (unpaired) electrons. The molecule has 5 heteroatoms. The summed E-state index contributed by atoms with van der Waals surface area (Å²) in [5, 5.41) is 10.3. The Hall–Kier alpha value is -3.40. The van der Waals surface area contributed by atoms with Gasteiger partial charge >= 0.3 is 0 Å². The van der Waals surface area contributed by atoms with Crippen molar-refractivity contribution < 1.29 is 34.8 Å². The molecule has 1 heterocycles. The number of benzene rings is 3. The van der Waals surface area contributed by atoms with Gasteiger partial charge in [0, 0.05) is 43.5 Å². The number of carbonyl (C=O) groups excluding carboxylic acids is 2. The molecule has 1 aromatic heterocycles. The predicted molar refractivity (Wildman–Crippen MR) is 136 cm³/mol. The van der Waals surface area contributed by atoms with E-state index < -0.39 is 0 Å². The van der Waals surface area contributed by atoms with Gasteiger partial charge in [-0.2, -0.15) is 0 Å². The number of rotatable bonds is 2. The van der Waals surface area contributed by atoms with Crippen LogP contribution >= 0.6 is 0 Å². The molecule has 0 bridgehead atoms. The van der Waals surface area contributed by atoms with Gasteiger partial charge in [0.2, 0.25) is 0 Å². The summed E-state index contributed by atoms with van der Waals surface area (Å²) in [6, 6.07) is 19.8. The summed E-state index contributed by atoms with van der Waals surface area (Å²) < 4.78 is 0. The number of ketones is 2. The average molecular weight is 641 g/mol. The second-order valence-electron chi connectivity index (χ2n) is 8.77. The van der Waals surface area contributed by atoms with Crippen LogP contribution in [0, 0.1) is 26.8 Å². The monoisotopic (exact) mass is 641 g/mol. The molecule has 1 aliphatic carbocycles. The van der Waals surface area contributed by atoms with Crippen molar-refractivity contribution in [3.05, 3.63) is 100 Å². The van der Waals surface area contributed by atoms with Crippen molar-refractivity contribution in [2.45, 2.75) is 34.6 Å². The van der Waals surface area contributed by atoms with Gasteiger partial charge in [0.1, 0.15) is 0 Å². The fourth-order valence-electron chi connectivity index (χ4n) is 4.47. The number of nitrogens with zero attached hydrogens (tertiary/aromatic N) is 1. The second kappa shape index (κ2) is 10.5. The molecule has 0 spiro atoms. The molecule has 0 saturated heterocycles. The Kier molecular flexibility index (Phi) is 7.84. The van der Waals surface area contributed by atoms with E-state index in [1.54, 1.807) is 6.20 Å². The summed E-state index contributed by atoms with van der Waals surface area (Å²) in [7, 11) is 0. The van der Waals surface area contributed by atoms with Gasteiger partial charge in [0.05, 0.1) is 5.76 Å². The summed E-state index contributed by atoms with van der Waals surface area (Å²) in [6.45, 7) is 8.99. The van der Waals surface area contributed by atoms with Crippen molar-refractivity contribution in [3.8, 4) is 22.4 Å². The Morgan fingerprint density at radius 3 is 2.23 bits per heavy atom. The summed E-state index contributed by atoms with van der Waals surface area (Å²) in [6.07, 6.45) is 2.96. The summed E-state index contributed by atoms with van der Waals surface area (Å²) in [4.78, 5) is 27.8. The Morgan fingerprint density at radius 1 is 0.886 bits per heavy atom. The molecule has 1 aliphatic rings. The topological polar surface area (TPSA) is 67.3 Å². The number of aromatic nitrogens is 1. The molecule has 0 amide bonds. The van der Waals surface area contributed by atoms with Crippen molar-refractivity contribution in [1.29, 1.82) is 0 Å². The number of hydrogen-bond acceptors (Lipinski definition) is 4. The third-order valence-electron chi connectivity index (χ3n) is 5.70. The molecule has 0 unspecified atom stereocenters. The molecular weight excluding hydrogens is 615 g/mol. The van der Waals surface area contributed by atoms with Crippen LogP contribution in [0.1, 0.15) is 46.5 Å². The van der Waals surface area contributed by atoms with Gasteiger partial charge in [-0.1, -0.05) is 43.7 Å². The number of allylic oxidation sites excluding steroid dienone is 2. The molecule has 4 aromatic rings. The fourth-order valence-corrected chi connectivity index (χ4v) is 4.47. The smallest absolute Gasteiger partial charge is 0.194 e. The van der Waals surface area contributed by atoms with Crippen LogP contribution in [0.15, 0.2) is 66.6 Å². The van der Waals surface area contributed by atoms with E-state index in [1.165, 1.54) is 25.5 Å². The van der Waals surface area contributed by atoms with Gasteiger partial charge < -0.3 is 10.1 Å². The van der Waals surface area contributed by atoms with E-state index in [2.05, 4.69) is 54.4 Å². The van der Waals surface area contributed by atoms with Gasteiger partial charge in [-0.15, -0.1) is 34.9 Å². The van der Waals surface area contributed by atoms with Crippen LogP contribution in [0.25, 0.3) is 33.2 Å². The maximum absolute atomic E-state index is 13.2. The largest absolute Gasteiger partial charge is 0.512 e. The number of aliphatic hydroxyl groups excluding tert-OH is 1. The Morgan fingerprint density at radius 2 is 1.60 bits per heavy atom. The third-order valence-corrected chi connectivity index (χ3v) is 5.70. The molecule has 0 atom stereocenters. The van der Waals surface area contributed by atoms with Crippen molar-refractivity contribution in [2.24, 2.45) is 0 Å². The van der Waals surface area contributed by atoms with E-state index >= 15 is 0 Å². The maximum atomic E-state index is 13.2. The maximum Gasteiger partial charge on any atom is 0.194 e. The van der Waals surface area contributed by atoms with Crippen LogP contribution in [0.2, 0.25) is 0 Å². The van der Waals surface area contributed by atoms with E-state index in [0.29, 0.717) is 0 Å². The van der Waals surface area contributed by atoms with Crippen LogP contribution in [0.3, 0.4) is 0 Å². The SMILES string of the molecule is CC(=O)/C=C(/C)O.Cc1[c-]c(-c2nccc3c4c(ccc23)-c2ccc(C)cc2C4=O)cc(C)c1.[Ir]. The minimum absolute atomic E-state index is 0. The van der Waals surface area contributed by atoms with E-state index in [4.69, 9.17) is 5.11 Å². The quantitative estimate of drug-likeness (QED) is 0.130. The molecule has 35 heavy (non-hydrogen) atoms. The zero-order valence-electron chi connectivity index (χ0n) is 20.3. The molecule has 5 rings (SSSR count). The number of carbonyl (C=O) groups is 2. The average Bonchev–Trinajstić information content (AvgIpc) is 3.04. The van der Waals surface area contributed by atoms with Crippen molar-refractivity contribution in [3.63, 3.8) is 0 Å². The first-order valence-electron chi connectivity index (χ1n) is 11.1. The summed E-state index contributed by atoms with van der Waals surface area (Å²) >= 11 is 0. The first-order chi connectivity index (χ1) is 16.2. The van der Waals surface area contributed by atoms with Crippen molar-refractivity contribution >= 4 is 22.3 Å². The third kappa shape index (κ3) is 5.32. The number of fused-ring (bicyclic) bond motifs is 5. The number of aliphatic hydroxyl groups is 1. The molecule has 0 fully saturated rings. The van der Waals surface area contributed by atoms with Gasteiger partial charge in [-0.05, 0) is 60.5 Å². The van der Waals surface area contributed by atoms with Crippen molar-refractivity contribution in [2.75, 3.05) is 0 Å². The van der Waals surface area contributed by atoms with E-state index in [1.807, 2.05) is 26.0 Å². The Labute approximate surface area is 219 Å². The first-order valence-corrected chi connectivity index (χ1v) is 11.1. The molecule has 179 valence electrons. The fraction of sp³-hybridized carbons (Fsp3) is 0.167. The molecular formula is C30H26IrNO3-. The predicted octanol–water partition coefficient (Wildman–Crippen LogP) is 6.87. The summed E-state index contributed by atoms with van der Waals surface area (Å²) in [5.41, 5.74) is 8.85. The zero-order valence-corrected chi connectivity index (χ0v) is 22.7. The normalized spacial score (nSPS) is 11.8. The molecule has 0 saturated carbocycles. The minimum atomic E-state index is -0.125. The minimum Gasteiger partial charge on any atom is -0.512 e. The Balaban J connectivity index is 0.000000378. The van der Waals surface area contributed by atoms with Crippen LogP contribution < -0.4 is 0 Å². The Bertz CT molecular complexity index is 1480. The van der Waals surface area contributed by atoms with Gasteiger partial charge in [-0.25, -0.2) is 0 Å². The van der Waals surface area contributed by atoms with Crippen LogP contribution in [0.5, 0.6) is 0 Å². The number of pyridine rings is 1. The standard InChI is InChI=1S/C25H18NO.C5H8O2.Ir/c1-14-4-5-18-19-6-7-21-20(23(19)25(27)22(18)13-14)8-9-26-24(21)17-11-15(2)10-16(3)12-17;1-4(6)3-5(2)7;/h4-11,13H,1-3H3;3,6H,1-2H3;/q-1;;/b;4-3-;. The molecule has 4 nitrogen and oxygen atoms in total. The van der Waals surface area contributed by atoms with E-state index in [0.717, 1.165) is 55.4 Å². The van der Waals surface area contributed by atoms with Gasteiger partial charge in [0.15, 0.2) is 11.6 Å². The van der Waals surface area contributed by atoms with Crippen LogP contribution in [0.4, 0.5) is 0 Å². The van der Waals surface area contributed by atoms with Crippen LogP contribution in [-0.2, 0) is 24.9 Å². The van der Waals surface area contributed by atoms with E-state index in [-0.39, 0.29) is 37.4 Å². The first kappa shape index (κ1) is 26.2. The molecule has 0 aliphatic heterocycles. The second-order valence-corrected chi connectivity index (χ2v) is 8.77. The van der Waals surface area contributed by atoms with Crippen molar-refractivity contribution in [1.82, 2.24) is 4.98 Å².